The van der Waals surface area contributed by atoms with Gasteiger partial charge in [-0.3, -0.25) is 0 Å². The Balaban J connectivity index is 4.38. The first-order valence-electron chi connectivity index (χ1n) is 7.93. The molecule has 0 amide bonds. The van der Waals surface area contributed by atoms with E-state index in [1.165, 1.54) is 45.4 Å². The van der Waals surface area contributed by atoms with E-state index in [9.17, 15) is 0 Å². The normalized spacial score (nSPS) is 13.8. The average molecular weight is 364 g/mol. The molecule has 2 N–H and O–H groups in total. The van der Waals surface area contributed by atoms with Crippen LogP contribution in [0.25, 0.3) is 0 Å². The Bertz CT molecular complexity index is 177. The first kappa shape index (κ1) is 18.7. The van der Waals surface area contributed by atoms with Gasteiger partial charge in [0, 0.05) is 0 Å². The van der Waals surface area contributed by atoms with Crippen molar-refractivity contribution in [1.82, 2.24) is 0 Å². The third-order valence-electron chi connectivity index (χ3n) is 3.69. The first-order valence-corrected chi connectivity index (χ1v) is 16.0. The fraction of sp³-hybridized carbons (Fsp3) is 1.00. The maximum atomic E-state index is 5.98. The van der Waals surface area contributed by atoms with Gasteiger partial charge in [0.15, 0.2) is 0 Å². The summed E-state index contributed by atoms with van der Waals surface area (Å²) in [7, 11) is 0. The van der Waals surface area contributed by atoms with E-state index in [2.05, 4.69) is 20.8 Å². The van der Waals surface area contributed by atoms with Gasteiger partial charge in [-0.05, 0) is 0 Å². The summed E-state index contributed by atoms with van der Waals surface area (Å²) in [5.74, 6) is 0. The second kappa shape index (κ2) is 11.5. The molecule has 0 fully saturated rings. The van der Waals surface area contributed by atoms with Crippen LogP contribution in [-0.4, -0.2) is 35.6 Å². The van der Waals surface area contributed by atoms with Crippen LogP contribution < -0.4 is 5.73 Å². The predicted molar refractivity (Wildman–Crippen MR) is 84.8 cm³/mol. The second-order valence-corrected chi connectivity index (χ2v) is 19.6. The SMILES string of the molecule is CCC[CH2][Sn]([CH2]CC)([CH2]CCC)[CH2]OCC(C)N. The summed E-state index contributed by atoms with van der Waals surface area (Å²) < 4.78 is 11.6. The molecular weight excluding hydrogens is 329 g/mol. The van der Waals surface area contributed by atoms with Crippen LogP contribution in [0.4, 0.5) is 0 Å². The number of hydrogen-bond acceptors (Lipinski definition) is 2. The summed E-state index contributed by atoms with van der Waals surface area (Å²) in [6, 6.07) is 0.188. The van der Waals surface area contributed by atoms with Crippen molar-refractivity contribution in [2.75, 3.05) is 11.2 Å². The molecule has 18 heavy (non-hydrogen) atoms. The monoisotopic (exact) mass is 365 g/mol. The Morgan fingerprint density at radius 3 is 1.89 bits per heavy atom. The van der Waals surface area contributed by atoms with E-state index in [4.69, 9.17) is 10.5 Å². The van der Waals surface area contributed by atoms with Gasteiger partial charge in [0.25, 0.3) is 0 Å². The van der Waals surface area contributed by atoms with E-state index in [1.807, 2.05) is 6.92 Å². The van der Waals surface area contributed by atoms with Crippen molar-refractivity contribution in [3.63, 3.8) is 0 Å². The van der Waals surface area contributed by atoms with Gasteiger partial charge in [0.1, 0.15) is 0 Å². The van der Waals surface area contributed by atoms with Crippen LogP contribution in [0.5, 0.6) is 0 Å². The molecule has 0 aliphatic heterocycles. The van der Waals surface area contributed by atoms with Crippen LogP contribution in [-0.2, 0) is 4.74 Å². The molecule has 2 nitrogen and oxygen atoms in total. The third kappa shape index (κ3) is 8.76. The molecule has 0 aromatic carbocycles. The maximum absolute atomic E-state index is 5.98. The zero-order chi connectivity index (χ0) is 13.9. The van der Waals surface area contributed by atoms with Crippen molar-refractivity contribution in [3.05, 3.63) is 0 Å². The van der Waals surface area contributed by atoms with Gasteiger partial charge in [-0.15, -0.1) is 0 Å². The van der Waals surface area contributed by atoms with E-state index in [0.717, 1.165) is 11.2 Å². The molecule has 0 rings (SSSR count). The molecular formula is C15H35NOSn. The van der Waals surface area contributed by atoms with Crippen molar-refractivity contribution in [2.24, 2.45) is 5.73 Å². The summed E-state index contributed by atoms with van der Waals surface area (Å²) in [5, 5.41) is 0. The van der Waals surface area contributed by atoms with Crippen LogP contribution in [0.3, 0.4) is 0 Å². The molecule has 0 aliphatic rings. The first-order chi connectivity index (χ1) is 8.60. The fourth-order valence-electron chi connectivity index (χ4n) is 2.69. The van der Waals surface area contributed by atoms with Crippen LogP contribution >= 0.6 is 0 Å². The molecule has 0 saturated carbocycles. The summed E-state index contributed by atoms with van der Waals surface area (Å²) in [6.07, 6.45) is 6.86. The Morgan fingerprint density at radius 1 is 0.944 bits per heavy atom. The number of hydrogen-bond donors (Lipinski definition) is 1. The van der Waals surface area contributed by atoms with Crippen molar-refractivity contribution in [2.45, 2.75) is 79.2 Å². The van der Waals surface area contributed by atoms with E-state index in [-0.39, 0.29) is 6.04 Å². The van der Waals surface area contributed by atoms with Crippen molar-refractivity contribution < 1.29 is 4.74 Å². The number of rotatable bonds is 12. The molecule has 1 atom stereocenters. The molecule has 0 aliphatic carbocycles. The summed E-state index contributed by atoms with van der Waals surface area (Å²) in [6.45, 7) is 9.75. The summed E-state index contributed by atoms with van der Waals surface area (Å²) in [4.78, 5) is 0. The van der Waals surface area contributed by atoms with Crippen LogP contribution in [0.2, 0.25) is 13.3 Å². The van der Waals surface area contributed by atoms with Crippen molar-refractivity contribution >= 4 is 18.4 Å². The van der Waals surface area contributed by atoms with E-state index < -0.39 is 18.4 Å². The number of nitrogens with two attached hydrogens (primary N) is 1. The minimum atomic E-state index is -2.00. The Labute approximate surface area is 119 Å². The fourth-order valence-corrected chi connectivity index (χ4v) is 17.0. The second-order valence-electron chi connectivity index (χ2n) is 5.95. The molecule has 0 aromatic heterocycles. The van der Waals surface area contributed by atoms with E-state index in [1.54, 1.807) is 0 Å². The van der Waals surface area contributed by atoms with Crippen LogP contribution in [0.1, 0.15) is 59.8 Å². The molecule has 0 radical (unpaired) electrons. The standard InChI is InChI=1S/C4H10NO.2C4H9.C3H7.Sn/c1-4(5)3-6-2;2*1-3-4-2;1-3-2;/h4H,2-3,5H2,1H3;2*1,3-4H2,2H3;1,3H2,2H3;. The minimum absolute atomic E-state index is 0.188. The van der Waals surface area contributed by atoms with Gasteiger partial charge < -0.3 is 0 Å². The van der Waals surface area contributed by atoms with Gasteiger partial charge in [-0.2, -0.15) is 0 Å². The van der Waals surface area contributed by atoms with Gasteiger partial charge in [-0.25, -0.2) is 0 Å². The third-order valence-corrected chi connectivity index (χ3v) is 18.5. The van der Waals surface area contributed by atoms with Crippen LogP contribution in [0, 0.1) is 0 Å². The molecule has 3 heteroatoms. The van der Waals surface area contributed by atoms with Gasteiger partial charge >= 0.3 is 119 Å². The zero-order valence-electron chi connectivity index (χ0n) is 13.1. The van der Waals surface area contributed by atoms with Gasteiger partial charge in [0.05, 0.1) is 0 Å². The molecule has 0 aromatic rings. The molecule has 0 spiro atoms. The predicted octanol–water partition coefficient (Wildman–Crippen LogP) is 4.35. The Hall–Kier alpha value is 0.719. The summed E-state index contributed by atoms with van der Waals surface area (Å²) >= 11 is -2.00. The van der Waals surface area contributed by atoms with E-state index in [0.29, 0.717) is 0 Å². The molecule has 0 saturated heterocycles. The Kier molecular flexibility index (Phi) is 12.0. The van der Waals surface area contributed by atoms with Gasteiger partial charge in [-0.1, -0.05) is 0 Å². The van der Waals surface area contributed by atoms with Gasteiger partial charge in [0.2, 0.25) is 0 Å². The average Bonchev–Trinajstić information content (AvgIpc) is 2.33. The topological polar surface area (TPSA) is 35.2 Å². The van der Waals surface area contributed by atoms with Crippen LogP contribution in [0.15, 0.2) is 0 Å². The quantitative estimate of drug-likeness (QED) is 0.523. The summed E-state index contributed by atoms with van der Waals surface area (Å²) in [5.41, 5.74) is 5.79. The number of unbranched alkanes of at least 4 members (excludes halogenated alkanes) is 2. The molecule has 110 valence electrons. The van der Waals surface area contributed by atoms with Crippen molar-refractivity contribution in [1.29, 1.82) is 0 Å². The molecule has 0 heterocycles. The Morgan fingerprint density at radius 2 is 1.50 bits per heavy atom. The molecule has 1 unspecified atom stereocenters. The zero-order valence-corrected chi connectivity index (χ0v) is 16.0. The number of ether oxygens (including phenoxy) is 1. The van der Waals surface area contributed by atoms with Crippen molar-refractivity contribution in [3.8, 4) is 0 Å². The molecule has 0 bridgehead atoms. The van der Waals surface area contributed by atoms with E-state index >= 15 is 0 Å².